The summed E-state index contributed by atoms with van der Waals surface area (Å²) in [6.07, 6.45) is 23.4. The van der Waals surface area contributed by atoms with Crippen molar-refractivity contribution >= 4 is 29.8 Å². The number of carbonyl (C=O) groups is 5. The lowest BCUT2D eigenvalue weighted by atomic mass is 10.1. The van der Waals surface area contributed by atoms with Crippen LogP contribution in [0.5, 0.6) is 0 Å². The van der Waals surface area contributed by atoms with Crippen LogP contribution in [0.25, 0.3) is 0 Å². The maximum Gasteiger partial charge on any atom is 0.306 e. The molecule has 0 N–H and O–H groups in total. The minimum absolute atomic E-state index is 0.0533. The number of ether oxygens (including phenoxy) is 5. The zero-order valence-electron chi connectivity index (χ0n) is 35.1. The average Bonchev–Trinajstić information content (AvgIpc) is 3.71. The summed E-state index contributed by atoms with van der Waals surface area (Å²) >= 11 is 0. The summed E-state index contributed by atoms with van der Waals surface area (Å²) in [5.41, 5.74) is 0. The smallest absolute Gasteiger partial charge is 0.306 e. The van der Waals surface area contributed by atoms with Crippen molar-refractivity contribution in [2.75, 3.05) is 39.5 Å². The highest BCUT2D eigenvalue weighted by Crippen LogP contribution is 2.17. The standard InChI is InChI=1S/C46H75NO10/c1-5-9-13-24-40(25-14-10-6-2)56-45(51)30-19-17-28-42(48)53-36-39(38-55-44(50)32-23-35-47-33-21-22-34-47)37-54-43(49)29-18-20-31-46(52)57-41(26-15-11-7-3)27-16-12-8-4/h5-8,39-41H,1-4,9-38H2. The van der Waals surface area contributed by atoms with Crippen molar-refractivity contribution in [2.24, 2.45) is 5.92 Å². The molecule has 0 bridgehead atoms. The van der Waals surface area contributed by atoms with Crippen molar-refractivity contribution in [2.45, 2.75) is 166 Å². The molecule has 0 spiro atoms. The summed E-state index contributed by atoms with van der Waals surface area (Å²) in [5.74, 6) is -2.31. The lowest BCUT2D eigenvalue weighted by Gasteiger charge is -2.18. The molecule has 0 amide bonds. The van der Waals surface area contributed by atoms with E-state index in [0.29, 0.717) is 32.1 Å². The average molecular weight is 802 g/mol. The Kier molecular flexibility index (Phi) is 31.9. The predicted molar refractivity (Wildman–Crippen MR) is 224 cm³/mol. The molecule has 0 saturated carbocycles. The molecule has 0 radical (unpaired) electrons. The molecule has 1 aliphatic rings. The zero-order chi connectivity index (χ0) is 41.8. The lowest BCUT2D eigenvalue weighted by Crippen LogP contribution is -2.27. The van der Waals surface area contributed by atoms with Crippen LogP contribution < -0.4 is 0 Å². The summed E-state index contributed by atoms with van der Waals surface area (Å²) in [7, 11) is 0. The molecule has 1 aliphatic heterocycles. The highest BCUT2D eigenvalue weighted by Gasteiger charge is 2.20. The molecule has 324 valence electrons. The number of likely N-dealkylation sites (tertiary alicyclic amines) is 1. The molecule has 1 saturated heterocycles. The van der Waals surface area contributed by atoms with E-state index in [1.807, 2.05) is 24.3 Å². The van der Waals surface area contributed by atoms with Gasteiger partial charge >= 0.3 is 29.8 Å². The third-order valence-electron chi connectivity index (χ3n) is 9.85. The number of esters is 5. The molecule has 11 nitrogen and oxygen atoms in total. The van der Waals surface area contributed by atoms with Crippen molar-refractivity contribution in [1.82, 2.24) is 4.90 Å². The normalized spacial score (nSPS) is 12.7. The van der Waals surface area contributed by atoms with Gasteiger partial charge in [-0.25, -0.2) is 0 Å². The van der Waals surface area contributed by atoms with Gasteiger partial charge in [-0.1, -0.05) is 24.3 Å². The molecule has 57 heavy (non-hydrogen) atoms. The summed E-state index contributed by atoms with van der Waals surface area (Å²) in [4.78, 5) is 65.1. The predicted octanol–water partition coefficient (Wildman–Crippen LogP) is 9.48. The first kappa shape index (κ1) is 51.3. The molecule has 11 heteroatoms. The van der Waals surface area contributed by atoms with Crippen molar-refractivity contribution < 1.29 is 47.7 Å². The Morgan fingerprint density at radius 1 is 0.456 bits per heavy atom. The number of allylic oxidation sites excluding steroid dienone is 4. The van der Waals surface area contributed by atoms with E-state index in [9.17, 15) is 24.0 Å². The first-order valence-electron chi connectivity index (χ1n) is 21.7. The highest BCUT2D eigenvalue weighted by molar-refractivity contribution is 5.71. The monoisotopic (exact) mass is 802 g/mol. The number of hydrogen-bond acceptors (Lipinski definition) is 11. The largest absolute Gasteiger partial charge is 0.465 e. The van der Waals surface area contributed by atoms with Crippen molar-refractivity contribution in [3.8, 4) is 0 Å². The Bertz CT molecular complexity index is 1070. The minimum Gasteiger partial charge on any atom is -0.465 e. The van der Waals surface area contributed by atoms with E-state index < -0.39 is 17.9 Å². The van der Waals surface area contributed by atoms with Gasteiger partial charge in [-0.15, -0.1) is 26.3 Å². The summed E-state index contributed by atoms with van der Waals surface area (Å²) in [6.45, 7) is 17.8. The Morgan fingerprint density at radius 2 is 0.772 bits per heavy atom. The van der Waals surface area contributed by atoms with E-state index in [-0.39, 0.29) is 82.0 Å². The fourth-order valence-corrected chi connectivity index (χ4v) is 6.50. The summed E-state index contributed by atoms with van der Waals surface area (Å²) in [6, 6.07) is 0. The van der Waals surface area contributed by atoms with Crippen LogP contribution >= 0.6 is 0 Å². The number of carbonyl (C=O) groups excluding carboxylic acids is 5. The van der Waals surface area contributed by atoms with E-state index in [2.05, 4.69) is 31.2 Å². The number of rotatable bonds is 38. The van der Waals surface area contributed by atoms with Gasteiger partial charge in [0.15, 0.2) is 0 Å². The highest BCUT2D eigenvalue weighted by atomic mass is 16.6. The quantitative estimate of drug-likeness (QED) is 0.0256. The first-order valence-corrected chi connectivity index (χ1v) is 21.7. The van der Waals surface area contributed by atoms with Gasteiger partial charge in [-0.3, -0.25) is 24.0 Å². The maximum absolute atomic E-state index is 12.6. The van der Waals surface area contributed by atoms with Gasteiger partial charge in [0.25, 0.3) is 0 Å². The Morgan fingerprint density at radius 3 is 1.11 bits per heavy atom. The molecular formula is C46H75NO10. The van der Waals surface area contributed by atoms with E-state index in [4.69, 9.17) is 23.7 Å². The van der Waals surface area contributed by atoms with Crippen LogP contribution in [0.2, 0.25) is 0 Å². The van der Waals surface area contributed by atoms with Gasteiger partial charge in [0, 0.05) is 32.1 Å². The third kappa shape index (κ3) is 30.1. The van der Waals surface area contributed by atoms with Crippen molar-refractivity contribution in [3.05, 3.63) is 50.6 Å². The van der Waals surface area contributed by atoms with Gasteiger partial charge in [0.1, 0.15) is 32.0 Å². The fraction of sp³-hybridized carbons (Fsp3) is 0.717. The molecule has 0 aromatic rings. The number of hydrogen-bond donors (Lipinski definition) is 0. The van der Waals surface area contributed by atoms with Crippen LogP contribution in [0.3, 0.4) is 0 Å². The Balaban J connectivity index is 2.52. The SMILES string of the molecule is C=CCCCC(CCCC=C)OC(=O)CCCCC(=O)OCC(COC(=O)CCCCC(=O)OC(CCCC=C)CCCC=C)COC(=O)CCCN1CCCC1. The van der Waals surface area contributed by atoms with Crippen molar-refractivity contribution in [1.29, 1.82) is 0 Å². The number of nitrogens with zero attached hydrogens (tertiary/aromatic N) is 1. The van der Waals surface area contributed by atoms with Gasteiger partial charge in [-0.2, -0.15) is 0 Å². The number of unbranched alkanes of at least 4 members (excludes halogenated alkanes) is 6. The molecule has 0 aliphatic carbocycles. The summed E-state index contributed by atoms with van der Waals surface area (Å²) in [5, 5.41) is 0. The van der Waals surface area contributed by atoms with Crippen LogP contribution in [0.15, 0.2) is 50.6 Å². The fourth-order valence-electron chi connectivity index (χ4n) is 6.50. The molecule has 0 atom stereocenters. The van der Waals surface area contributed by atoms with Crippen LogP contribution in [-0.4, -0.2) is 86.4 Å². The second-order valence-corrected chi connectivity index (χ2v) is 15.1. The zero-order valence-corrected chi connectivity index (χ0v) is 35.1. The van der Waals surface area contributed by atoms with Gasteiger partial charge in [-0.05, 0) is 142 Å². The van der Waals surface area contributed by atoms with E-state index in [1.165, 1.54) is 12.8 Å². The van der Waals surface area contributed by atoms with Gasteiger partial charge in [0.05, 0.1) is 5.92 Å². The Labute approximate surface area is 344 Å². The molecule has 1 heterocycles. The van der Waals surface area contributed by atoms with E-state index in [0.717, 1.165) is 96.7 Å². The van der Waals surface area contributed by atoms with Gasteiger partial charge in [0.2, 0.25) is 0 Å². The first-order chi connectivity index (χ1) is 27.7. The van der Waals surface area contributed by atoms with E-state index in [1.54, 1.807) is 0 Å². The minimum atomic E-state index is -0.538. The molecule has 0 unspecified atom stereocenters. The molecule has 1 fully saturated rings. The Hall–Kier alpha value is -3.73. The summed E-state index contributed by atoms with van der Waals surface area (Å²) < 4.78 is 27.9. The molecule has 1 rings (SSSR count). The lowest BCUT2D eigenvalue weighted by molar-refractivity contribution is -0.155. The van der Waals surface area contributed by atoms with Crippen LogP contribution in [0.1, 0.15) is 154 Å². The van der Waals surface area contributed by atoms with Crippen LogP contribution in [-0.2, 0) is 47.7 Å². The maximum atomic E-state index is 12.6. The second-order valence-electron chi connectivity index (χ2n) is 15.1. The second kappa shape index (κ2) is 35.4. The topological polar surface area (TPSA) is 135 Å². The molecule has 0 aromatic carbocycles. The van der Waals surface area contributed by atoms with Gasteiger partial charge < -0.3 is 28.6 Å². The molecule has 0 aromatic heterocycles. The van der Waals surface area contributed by atoms with Crippen LogP contribution in [0, 0.1) is 5.92 Å². The van der Waals surface area contributed by atoms with E-state index >= 15 is 0 Å². The van der Waals surface area contributed by atoms with Crippen LogP contribution in [0.4, 0.5) is 0 Å². The third-order valence-corrected chi connectivity index (χ3v) is 9.85. The molecular weight excluding hydrogens is 727 g/mol. The van der Waals surface area contributed by atoms with Crippen molar-refractivity contribution in [3.63, 3.8) is 0 Å².